The summed E-state index contributed by atoms with van der Waals surface area (Å²) in [6, 6.07) is 10.9. The lowest BCUT2D eigenvalue weighted by Crippen LogP contribution is -2.39. The molecule has 2 heterocycles. The lowest BCUT2D eigenvalue weighted by atomic mass is 9.98. The van der Waals surface area contributed by atoms with Gasteiger partial charge in [0.1, 0.15) is 0 Å². The molecule has 0 bridgehead atoms. The van der Waals surface area contributed by atoms with E-state index in [4.69, 9.17) is 0 Å². The highest BCUT2D eigenvalue weighted by Crippen LogP contribution is 2.24. The van der Waals surface area contributed by atoms with Crippen LogP contribution in [0.4, 0.5) is 4.79 Å². The number of rotatable bonds is 4. The smallest absolute Gasteiger partial charge is 0.317 e. The number of urea groups is 1. The molecule has 1 aliphatic rings. The van der Waals surface area contributed by atoms with Crippen LogP contribution in [0.1, 0.15) is 31.2 Å². The monoisotopic (exact) mass is 314 g/mol. The summed E-state index contributed by atoms with van der Waals surface area (Å²) < 4.78 is 0. The van der Waals surface area contributed by atoms with Crippen molar-refractivity contribution in [2.45, 2.75) is 25.7 Å². The summed E-state index contributed by atoms with van der Waals surface area (Å²) in [6.45, 7) is 4.64. The van der Waals surface area contributed by atoms with E-state index in [1.807, 2.05) is 4.90 Å². The third-order valence-electron chi connectivity index (χ3n) is 4.29. The van der Waals surface area contributed by atoms with E-state index in [0.29, 0.717) is 12.5 Å². The molecule has 3 rings (SSSR count). The molecule has 1 unspecified atom stereocenters. The zero-order chi connectivity index (χ0) is 15.4. The number of hydrogen-bond donors (Lipinski definition) is 1. The number of hydrogen-bond acceptors (Lipinski definition) is 2. The van der Waals surface area contributed by atoms with Crippen LogP contribution >= 0.6 is 11.3 Å². The third-order valence-corrected chi connectivity index (χ3v) is 4.97. The van der Waals surface area contributed by atoms with Crippen LogP contribution in [0.5, 0.6) is 0 Å². The highest BCUT2D eigenvalue weighted by atomic mass is 32.1. The molecule has 2 amide bonds. The Kier molecular flexibility index (Phi) is 4.78. The van der Waals surface area contributed by atoms with Gasteiger partial charge < -0.3 is 10.2 Å². The maximum atomic E-state index is 12.0. The van der Waals surface area contributed by atoms with Crippen LogP contribution in [0, 0.1) is 0 Å². The van der Waals surface area contributed by atoms with Crippen LogP contribution in [0.3, 0.4) is 0 Å². The fraction of sp³-hybridized carbons (Fsp3) is 0.389. The highest BCUT2D eigenvalue weighted by molar-refractivity contribution is 7.08. The predicted octanol–water partition coefficient (Wildman–Crippen LogP) is 4.32. The molecular formula is C18H22N2OS. The molecule has 0 spiro atoms. The van der Waals surface area contributed by atoms with Gasteiger partial charge in [0.15, 0.2) is 0 Å². The zero-order valence-corrected chi connectivity index (χ0v) is 13.7. The second-order valence-electron chi connectivity index (χ2n) is 5.92. The van der Waals surface area contributed by atoms with E-state index < -0.39 is 0 Å². The summed E-state index contributed by atoms with van der Waals surface area (Å²) in [6.07, 6.45) is 2.26. The van der Waals surface area contributed by atoms with Crippen molar-refractivity contribution < 1.29 is 4.79 Å². The molecule has 4 heteroatoms. The minimum atomic E-state index is 0.0826. The molecule has 1 atom stereocenters. The number of thiophene rings is 1. The molecule has 1 aromatic heterocycles. The normalized spacial score (nSPS) is 15.8. The summed E-state index contributed by atoms with van der Waals surface area (Å²) in [5.74, 6) is 0.322. The number of likely N-dealkylation sites (tertiary alicyclic amines) is 1. The van der Waals surface area contributed by atoms with Crippen molar-refractivity contribution in [3.05, 3.63) is 46.7 Å². The van der Waals surface area contributed by atoms with Crippen molar-refractivity contribution in [3.63, 3.8) is 0 Å². The number of nitrogens with one attached hydrogen (secondary N) is 1. The predicted molar refractivity (Wildman–Crippen MR) is 92.4 cm³/mol. The summed E-state index contributed by atoms with van der Waals surface area (Å²) >= 11 is 1.72. The molecule has 1 saturated heterocycles. The Morgan fingerprint density at radius 3 is 2.55 bits per heavy atom. The first kappa shape index (κ1) is 15.1. The Morgan fingerprint density at radius 2 is 1.91 bits per heavy atom. The van der Waals surface area contributed by atoms with Crippen LogP contribution in [0.25, 0.3) is 11.1 Å². The van der Waals surface area contributed by atoms with Crippen LogP contribution < -0.4 is 5.32 Å². The average Bonchev–Trinajstić information content (AvgIpc) is 3.25. The van der Waals surface area contributed by atoms with Gasteiger partial charge in [0, 0.05) is 19.6 Å². The van der Waals surface area contributed by atoms with Gasteiger partial charge in [0.2, 0.25) is 0 Å². The number of nitrogens with zero attached hydrogens (tertiary/aromatic N) is 1. The van der Waals surface area contributed by atoms with Crippen molar-refractivity contribution in [3.8, 4) is 11.1 Å². The van der Waals surface area contributed by atoms with E-state index in [1.165, 1.54) is 16.7 Å². The fourth-order valence-corrected chi connectivity index (χ4v) is 3.49. The molecule has 22 heavy (non-hydrogen) atoms. The molecule has 3 nitrogen and oxygen atoms in total. The van der Waals surface area contributed by atoms with Gasteiger partial charge in [-0.2, -0.15) is 11.3 Å². The minimum Gasteiger partial charge on any atom is -0.337 e. The molecule has 1 aromatic carbocycles. The molecule has 1 N–H and O–H groups in total. The van der Waals surface area contributed by atoms with Gasteiger partial charge in [0.05, 0.1) is 0 Å². The van der Waals surface area contributed by atoms with E-state index >= 15 is 0 Å². The standard InChI is InChI=1S/C18H22N2OS/c1-14(12-19-18(21)20-9-2-3-10-20)15-4-6-16(7-5-15)17-8-11-22-13-17/h4-8,11,13-14H,2-3,9-10,12H2,1H3,(H,19,21). The van der Waals surface area contributed by atoms with Gasteiger partial charge in [-0.15, -0.1) is 0 Å². The van der Waals surface area contributed by atoms with Crippen molar-refractivity contribution in [2.75, 3.05) is 19.6 Å². The summed E-state index contributed by atoms with van der Waals surface area (Å²) in [7, 11) is 0. The number of amides is 2. The van der Waals surface area contributed by atoms with Crippen molar-refractivity contribution >= 4 is 17.4 Å². The Hall–Kier alpha value is -1.81. The maximum Gasteiger partial charge on any atom is 0.317 e. The van der Waals surface area contributed by atoms with E-state index in [1.54, 1.807) is 11.3 Å². The van der Waals surface area contributed by atoms with Crippen LogP contribution in [-0.4, -0.2) is 30.6 Å². The highest BCUT2D eigenvalue weighted by Gasteiger charge is 2.18. The van der Waals surface area contributed by atoms with Gasteiger partial charge >= 0.3 is 6.03 Å². The van der Waals surface area contributed by atoms with Crippen LogP contribution in [0.2, 0.25) is 0 Å². The Bertz CT molecular complexity index is 601. The first-order valence-electron chi connectivity index (χ1n) is 7.89. The lowest BCUT2D eigenvalue weighted by Gasteiger charge is -2.19. The Morgan fingerprint density at radius 1 is 1.18 bits per heavy atom. The van der Waals surface area contributed by atoms with Gasteiger partial charge in [-0.1, -0.05) is 31.2 Å². The lowest BCUT2D eigenvalue weighted by molar-refractivity contribution is 0.208. The molecular weight excluding hydrogens is 292 g/mol. The summed E-state index contributed by atoms with van der Waals surface area (Å²) in [5.41, 5.74) is 3.78. The second kappa shape index (κ2) is 6.97. The summed E-state index contributed by atoms with van der Waals surface area (Å²) in [4.78, 5) is 13.9. The third kappa shape index (κ3) is 3.50. The van der Waals surface area contributed by atoms with E-state index in [-0.39, 0.29) is 6.03 Å². The Labute approximate surface area is 136 Å². The molecule has 0 radical (unpaired) electrons. The Balaban J connectivity index is 1.55. The molecule has 0 saturated carbocycles. The van der Waals surface area contributed by atoms with Gasteiger partial charge in [-0.25, -0.2) is 4.79 Å². The molecule has 2 aromatic rings. The molecule has 1 aliphatic heterocycles. The van der Waals surface area contributed by atoms with Crippen molar-refractivity contribution in [2.24, 2.45) is 0 Å². The number of carbonyl (C=O) groups excluding carboxylic acids is 1. The molecule has 116 valence electrons. The molecule has 0 aliphatic carbocycles. The van der Waals surface area contributed by atoms with Crippen molar-refractivity contribution in [1.29, 1.82) is 0 Å². The largest absolute Gasteiger partial charge is 0.337 e. The molecule has 1 fully saturated rings. The van der Waals surface area contributed by atoms with Crippen LogP contribution in [0.15, 0.2) is 41.1 Å². The van der Waals surface area contributed by atoms with E-state index in [9.17, 15) is 4.79 Å². The van der Waals surface area contributed by atoms with Gasteiger partial charge in [0.25, 0.3) is 0 Å². The first-order chi connectivity index (χ1) is 10.7. The number of benzene rings is 1. The van der Waals surface area contributed by atoms with Gasteiger partial charge in [-0.05, 0) is 52.3 Å². The first-order valence-corrected chi connectivity index (χ1v) is 8.83. The zero-order valence-electron chi connectivity index (χ0n) is 12.9. The SMILES string of the molecule is CC(CNC(=O)N1CCCC1)c1ccc(-c2ccsc2)cc1. The fourth-order valence-electron chi connectivity index (χ4n) is 2.82. The minimum absolute atomic E-state index is 0.0826. The van der Waals surface area contributed by atoms with Crippen molar-refractivity contribution in [1.82, 2.24) is 10.2 Å². The second-order valence-corrected chi connectivity index (χ2v) is 6.70. The number of carbonyl (C=O) groups is 1. The average molecular weight is 314 g/mol. The maximum absolute atomic E-state index is 12.0. The van der Waals surface area contributed by atoms with E-state index in [2.05, 4.69) is 53.3 Å². The van der Waals surface area contributed by atoms with Crippen LogP contribution in [-0.2, 0) is 0 Å². The van der Waals surface area contributed by atoms with Gasteiger partial charge in [-0.3, -0.25) is 0 Å². The van der Waals surface area contributed by atoms with E-state index in [0.717, 1.165) is 25.9 Å². The summed E-state index contributed by atoms with van der Waals surface area (Å²) in [5, 5.41) is 7.31. The quantitative estimate of drug-likeness (QED) is 0.895. The topological polar surface area (TPSA) is 32.3 Å².